The van der Waals surface area contributed by atoms with Crippen LogP contribution in [-0.2, 0) is 17.9 Å². The highest BCUT2D eigenvalue weighted by atomic mass is 32.1. The number of aromatic nitrogens is 7. The summed E-state index contributed by atoms with van der Waals surface area (Å²) in [7, 11) is 0. The number of rotatable bonds is 8. The average molecular weight is 549 g/mol. The van der Waals surface area contributed by atoms with Crippen molar-refractivity contribution in [3.63, 3.8) is 0 Å². The van der Waals surface area contributed by atoms with Gasteiger partial charge in [-0.1, -0.05) is 6.92 Å². The number of thiazole rings is 1. The molecule has 1 aliphatic heterocycles. The van der Waals surface area contributed by atoms with Crippen molar-refractivity contribution in [2.24, 2.45) is 5.92 Å². The van der Waals surface area contributed by atoms with Crippen molar-refractivity contribution < 1.29 is 4.79 Å². The van der Waals surface area contributed by atoms with Gasteiger partial charge in [-0.3, -0.25) is 18.8 Å². The Kier molecular flexibility index (Phi) is 6.87. The Labute approximate surface area is 227 Å². The second-order valence-corrected chi connectivity index (χ2v) is 11.4. The van der Waals surface area contributed by atoms with Crippen molar-refractivity contribution >= 4 is 50.4 Å². The minimum absolute atomic E-state index is 0.0910. The van der Waals surface area contributed by atoms with E-state index in [-0.39, 0.29) is 12.5 Å². The molecule has 0 aromatic carbocycles. The largest absolute Gasteiger partial charge is 0.328 e. The van der Waals surface area contributed by atoms with Crippen LogP contribution in [0.25, 0.3) is 16.9 Å². The molecule has 0 radical (unpaired) electrons. The van der Waals surface area contributed by atoms with Crippen molar-refractivity contribution in [3.8, 4) is 11.3 Å². The minimum atomic E-state index is -0.182. The summed E-state index contributed by atoms with van der Waals surface area (Å²) in [5, 5.41) is 13.9. The number of aryl methyl sites for hydroxylation is 1. The smallest absolute Gasteiger partial charge is 0.247 e. The maximum absolute atomic E-state index is 12.3. The first-order valence-electron chi connectivity index (χ1n) is 12.5. The Hall–Kier alpha value is -3.68. The van der Waals surface area contributed by atoms with Gasteiger partial charge in [0.2, 0.25) is 5.91 Å². The van der Waals surface area contributed by atoms with E-state index in [1.807, 2.05) is 29.1 Å². The number of piperidine rings is 1. The van der Waals surface area contributed by atoms with Crippen LogP contribution in [0.4, 0.5) is 16.0 Å². The van der Waals surface area contributed by atoms with Crippen molar-refractivity contribution in [1.82, 2.24) is 38.4 Å². The molecule has 0 spiro atoms. The normalized spacial score (nSPS) is 16.2. The number of imidazole rings is 1. The summed E-state index contributed by atoms with van der Waals surface area (Å²) in [6, 6.07) is 2.11. The lowest BCUT2D eigenvalue weighted by molar-refractivity contribution is -0.116. The summed E-state index contributed by atoms with van der Waals surface area (Å²) in [6.45, 7) is 7.50. The van der Waals surface area contributed by atoms with Crippen LogP contribution in [0.1, 0.15) is 31.2 Å². The zero-order chi connectivity index (χ0) is 26.1. The maximum atomic E-state index is 12.3. The molecule has 5 aromatic heterocycles. The Balaban J connectivity index is 1.18. The van der Waals surface area contributed by atoms with Gasteiger partial charge in [-0.05, 0) is 49.8 Å². The second kappa shape index (κ2) is 10.6. The van der Waals surface area contributed by atoms with Crippen LogP contribution in [0, 0.1) is 12.8 Å². The Morgan fingerprint density at radius 2 is 2.16 bits per heavy atom. The topological polar surface area (TPSA) is 118 Å². The first kappa shape index (κ1) is 24.6. The van der Waals surface area contributed by atoms with Crippen molar-refractivity contribution in [1.29, 1.82) is 0 Å². The molecule has 0 aliphatic carbocycles. The average Bonchev–Trinajstić information content (AvgIpc) is 3.67. The number of carbonyl (C=O) groups is 1. The van der Waals surface area contributed by atoms with E-state index >= 15 is 0 Å². The highest BCUT2D eigenvalue weighted by Crippen LogP contribution is 2.28. The van der Waals surface area contributed by atoms with Crippen LogP contribution in [0.2, 0.25) is 0 Å². The Morgan fingerprint density at radius 3 is 3.00 bits per heavy atom. The molecule has 6 heterocycles. The van der Waals surface area contributed by atoms with Crippen molar-refractivity contribution in [2.75, 3.05) is 23.7 Å². The zero-order valence-electron chi connectivity index (χ0n) is 21.2. The van der Waals surface area contributed by atoms with E-state index in [4.69, 9.17) is 4.98 Å². The lowest BCUT2D eigenvalue weighted by Gasteiger charge is -2.30. The van der Waals surface area contributed by atoms with Gasteiger partial charge in [-0.25, -0.2) is 15.0 Å². The van der Waals surface area contributed by atoms with Gasteiger partial charge in [0, 0.05) is 42.6 Å². The van der Waals surface area contributed by atoms with E-state index in [1.54, 1.807) is 23.3 Å². The molecule has 2 N–H and O–H groups in total. The van der Waals surface area contributed by atoms with E-state index < -0.39 is 0 Å². The van der Waals surface area contributed by atoms with E-state index in [0.29, 0.717) is 16.6 Å². The van der Waals surface area contributed by atoms with Gasteiger partial charge in [0.05, 0.1) is 29.5 Å². The Morgan fingerprint density at radius 1 is 1.24 bits per heavy atom. The number of likely N-dealkylation sites (tertiary alicyclic amines) is 1. The van der Waals surface area contributed by atoms with Crippen LogP contribution < -0.4 is 10.6 Å². The molecule has 1 unspecified atom stereocenters. The highest BCUT2D eigenvalue weighted by molar-refractivity contribution is 7.13. The van der Waals surface area contributed by atoms with Crippen molar-refractivity contribution in [3.05, 3.63) is 53.8 Å². The van der Waals surface area contributed by atoms with Gasteiger partial charge in [0.25, 0.3) is 0 Å². The van der Waals surface area contributed by atoms with E-state index in [1.165, 1.54) is 35.7 Å². The van der Waals surface area contributed by atoms with E-state index in [0.717, 1.165) is 53.2 Å². The van der Waals surface area contributed by atoms with Gasteiger partial charge < -0.3 is 10.6 Å². The standard InChI is InChI=1S/C25H28N10OS2/c1-16-4-3-6-33(11-16)14-19-8-22(38-32-19)31-23-24-27-10-20(35(24)12-17(2)29-23)18-9-28-34(13-18)15-21(36)30-25-26-5-7-37-25/h5,7-10,12-13,16H,3-4,6,11,14-15H2,1-2H3,(H,29,31)(H,26,30,36). The predicted molar refractivity (Wildman–Crippen MR) is 149 cm³/mol. The highest BCUT2D eigenvalue weighted by Gasteiger charge is 2.19. The van der Waals surface area contributed by atoms with Crippen molar-refractivity contribution in [2.45, 2.75) is 39.8 Å². The molecule has 1 saturated heterocycles. The summed E-state index contributed by atoms with van der Waals surface area (Å²) >= 11 is 2.82. The zero-order valence-corrected chi connectivity index (χ0v) is 22.8. The van der Waals surface area contributed by atoms with Crippen LogP contribution in [0.3, 0.4) is 0 Å². The first-order chi connectivity index (χ1) is 18.5. The second-order valence-electron chi connectivity index (χ2n) is 9.67. The summed E-state index contributed by atoms with van der Waals surface area (Å²) in [5.74, 6) is 1.23. The molecular formula is C25H28N10OS2. The molecule has 38 heavy (non-hydrogen) atoms. The van der Waals surface area contributed by atoms with E-state index in [9.17, 15) is 4.79 Å². The monoisotopic (exact) mass is 548 g/mol. The number of carbonyl (C=O) groups excluding carboxylic acids is 1. The fourth-order valence-electron chi connectivity index (χ4n) is 4.80. The minimum Gasteiger partial charge on any atom is -0.328 e. The summed E-state index contributed by atoms with van der Waals surface area (Å²) in [5.41, 5.74) is 4.35. The molecule has 5 aromatic rings. The number of nitrogens with zero attached hydrogens (tertiary/aromatic N) is 8. The molecule has 1 amide bonds. The van der Waals surface area contributed by atoms with Crippen LogP contribution >= 0.6 is 22.9 Å². The lowest BCUT2D eigenvalue weighted by Crippen LogP contribution is -2.33. The van der Waals surface area contributed by atoms with Crippen LogP contribution in [0.5, 0.6) is 0 Å². The van der Waals surface area contributed by atoms with Crippen LogP contribution in [-0.4, -0.2) is 57.4 Å². The van der Waals surface area contributed by atoms with Crippen LogP contribution in [0.15, 0.2) is 42.4 Å². The van der Waals surface area contributed by atoms with Gasteiger partial charge >= 0.3 is 0 Å². The van der Waals surface area contributed by atoms with Gasteiger partial charge in [0.15, 0.2) is 16.6 Å². The maximum Gasteiger partial charge on any atom is 0.247 e. The molecule has 13 heteroatoms. The molecule has 6 rings (SSSR count). The summed E-state index contributed by atoms with van der Waals surface area (Å²) in [4.78, 5) is 28.3. The van der Waals surface area contributed by atoms with Gasteiger partial charge in [-0.15, -0.1) is 11.3 Å². The number of nitrogens with one attached hydrogen (secondary N) is 2. The molecule has 1 atom stereocenters. The predicted octanol–water partition coefficient (Wildman–Crippen LogP) is 4.43. The fraction of sp³-hybridized carbons (Fsp3) is 0.360. The number of amides is 1. The molecule has 0 saturated carbocycles. The van der Waals surface area contributed by atoms with E-state index in [2.05, 4.69) is 48.0 Å². The molecule has 1 aliphatic rings. The lowest BCUT2D eigenvalue weighted by atomic mass is 10.0. The molecular weight excluding hydrogens is 520 g/mol. The molecule has 1 fully saturated rings. The molecule has 196 valence electrons. The number of hydrogen-bond acceptors (Lipinski definition) is 10. The van der Waals surface area contributed by atoms with Gasteiger partial charge in [0.1, 0.15) is 11.5 Å². The third-order valence-corrected chi connectivity index (χ3v) is 7.88. The van der Waals surface area contributed by atoms with Gasteiger partial charge in [-0.2, -0.15) is 9.47 Å². The quantitative estimate of drug-likeness (QED) is 0.292. The summed E-state index contributed by atoms with van der Waals surface area (Å²) < 4.78 is 8.27. The third kappa shape index (κ3) is 5.44. The number of anilines is 3. The number of hydrogen-bond donors (Lipinski definition) is 2. The molecule has 0 bridgehead atoms. The number of fused-ring (bicyclic) bond motifs is 1. The third-order valence-electron chi connectivity index (χ3n) is 6.45. The summed E-state index contributed by atoms with van der Waals surface area (Å²) in [6.07, 6.45) is 11.5. The fourth-order valence-corrected chi connectivity index (χ4v) is 6.00. The Bertz CT molecular complexity index is 1550. The SMILES string of the molecule is Cc1cn2c(-c3cnn(CC(=O)Nc4nccs4)c3)cnc2c(Nc2cc(CN3CCCC(C)C3)ns2)n1. The molecule has 11 nitrogen and oxygen atoms in total. The first-order valence-corrected chi connectivity index (χ1v) is 14.2.